The number of halogens is 1. The zero-order chi connectivity index (χ0) is 19.7. The van der Waals surface area contributed by atoms with Gasteiger partial charge in [-0.1, -0.05) is 23.7 Å². The molecular formula is C20H19ClN4O3. The second kappa shape index (κ2) is 7.53. The summed E-state index contributed by atoms with van der Waals surface area (Å²) in [5.41, 5.74) is 4.12. The number of nitrogens with zero attached hydrogens (tertiary/aromatic N) is 3. The molecule has 0 spiro atoms. The van der Waals surface area contributed by atoms with Crippen molar-refractivity contribution < 1.29 is 14.6 Å². The molecule has 0 fully saturated rings. The van der Waals surface area contributed by atoms with Gasteiger partial charge in [0.05, 0.1) is 48.0 Å². The van der Waals surface area contributed by atoms with E-state index in [0.717, 1.165) is 22.3 Å². The molecule has 0 aliphatic carbocycles. The lowest BCUT2D eigenvalue weighted by atomic mass is 10.2. The number of nitrogens with one attached hydrogen (secondary N) is 1. The minimum atomic E-state index is -0.0895. The van der Waals surface area contributed by atoms with Crippen LogP contribution in [0.15, 0.2) is 42.9 Å². The highest BCUT2D eigenvalue weighted by Crippen LogP contribution is 2.35. The van der Waals surface area contributed by atoms with Gasteiger partial charge in [0.1, 0.15) is 12.1 Å². The van der Waals surface area contributed by atoms with E-state index in [1.165, 1.54) is 0 Å². The lowest BCUT2D eigenvalue weighted by molar-refractivity contribution is 0.196. The van der Waals surface area contributed by atoms with Gasteiger partial charge in [0.2, 0.25) is 0 Å². The van der Waals surface area contributed by atoms with Crippen molar-refractivity contribution in [1.82, 2.24) is 14.4 Å². The molecule has 7 nitrogen and oxygen atoms in total. The molecule has 0 saturated carbocycles. The highest BCUT2D eigenvalue weighted by Gasteiger charge is 2.15. The van der Waals surface area contributed by atoms with Gasteiger partial charge in [-0.3, -0.25) is 4.40 Å². The number of rotatable bonds is 6. The third-order valence-electron chi connectivity index (χ3n) is 4.45. The monoisotopic (exact) mass is 398 g/mol. The van der Waals surface area contributed by atoms with Crippen molar-refractivity contribution in [2.75, 3.05) is 25.6 Å². The number of ether oxygens (including phenoxy) is 2. The number of methoxy groups -OCH3 is 1. The summed E-state index contributed by atoms with van der Waals surface area (Å²) < 4.78 is 13.0. The van der Waals surface area contributed by atoms with Crippen molar-refractivity contribution >= 4 is 39.7 Å². The maximum atomic E-state index is 9.06. The first-order valence-electron chi connectivity index (χ1n) is 8.72. The van der Waals surface area contributed by atoms with Crippen LogP contribution in [0, 0.1) is 6.92 Å². The molecule has 0 atom stereocenters. The molecule has 28 heavy (non-hydrogen) atoms. The molecule has 144 valence electrons. The Morgan fingerprint density at radius 2 is 2.07 bits per heavy atom. The van der Waals surface area contributed by atoms with Crippen molar-refractivity contribution in [2.45, 2.75) is 6.92 Å². The fraction of sp³-hybridized carbons (Fsp3) is 0.200. The van der Waals surface area contributed by atoms with Gasteiger partial charge >= 0.3 is 0 Å². The highest BCUT2D eigenvalue weighted by atomic mass is 35.5. The Morgan fingerprint density at radius 1 is 1.21 bits per heavy atom. The zero-order valence-corrected chi connectivity index (χ0v) is 16.2. The molecular weight excluding hydrogens is 380 g/mol. The quantitative estimate of drug-likeness (QED) is 0.511. The Kier molecular flexibility index (Phi) is 4.93. The lowest BCUT2D eigenvalue weighted by Crippen LogP contribution is -2.05. The Balaban J connectivity index is 1.90. The van der Waals surface area contributed by atoms with E-state index < -0.39 is 0 Å². The number of imidazole rings is 1. The van der Waals surface area contributed by atoms with Crippen LogP contribution in [0.2, 0.25) is 5.02 Å². The summed E-state index contributed by atoms with van der Waals surface area (Å²) in [6, 6.07) is 9.34. The summed E-state index contributed by atoms with van der Waals surface area (Å²) in [6.07, 6.45) is 3.46. The molecule has 2 heterocycles. The highest BCUT2D eigenvalue weighted by molar-refractivity contribution is 6.33. The molecule has 0 aliphatic heterocycles. The number of para-hydroxylation sites is 1. The Hall–Kier alpha value is -3.03. The number of aromatic nitrogens is 3. The van der Waals surface area contributed by atoms with Crippen molar-refractivity contribution in [1.29, 1.82) is 0 Å². The van der Waals surface area contributed by atoms with Crippen LogP contribution < -0.4 is 14.8 Å². The molecule has 0 bridgehead atoms. The molecule has 0 aliphatic rings. The van der Waals surface area contributed by atoms with E-state index in [9.17, 15) is 0 Å². The topological polar surface area (TPSA) is 80.9 Å². The smallest absolute Gasteiger partial charge is 0.163 e. The average Bonchev–Trinajstić information content (AvgIpc) is 3.19. The van der Waals surface area contributed by atoms with Crippen LogP contribution >= 0.6 is 11.6 Å². The number of aliphatic hydroxyl groups is 1. The van der Waals surface area contributed by atoms with Crippen molar-refractivity contribution in [3.05, 3.63) is 53.4 Å². The fourth-order valence-corrected chi connectivity index (χ4v) is 3.36. The van der Waals surface area contributed by atoms with Crippen LogP contribution in [0.3, 0.4) is 0 Å². The van der Waals surface area contributed by atoms with Gasteiger partial charge in [-0.2, -0.15) is 0 Å². The largest absolute Gasteiger partial charge is 0.493 e. The SMILES string of the molecule is COc1cc2c(cc1OCCO)nc(Nc1c(C)cccc1Cl)c1cncn12. The standard InChI is InChI=1S/C20H19ClN4O3/c1-12-4-3-5-13(21)19(12)24-20-16-10-22-11-25(16)15-9-17(27-2)18(28-7-6-26)8-14(15)23-20/h3-5,8-11,26H,6-7H2,1-2H3,(H,23,24). The van der Waals surface area contributed by atoms with Gasteiger partial charge in [0, 0.05) is 12.1 Å². The number of aliphatic hydroxyl groups excluding tert-OH is 1. The molecule has 2 N–H and O–H groups in total. The van der Waals surface area contributed by atoms with E-state index in [2.05, 4.69) is 10.3 Å². The zero-order valence-electron chi connectivity index (χ0n) is 15.4. The molecule has 4 rings (SSSR count). The number of fused-ring (bicyclic) bond motifs is 3. The average molecular weight is 399 g/mol. The van der Waals surface area contributed by atoms with Crippen LogP contribution in [0.25, 0.3) is 16.6 Å². The van der Waals surface area contributed by atoms with E-state index in [4.69, 9.17) is 31.2 Å². The summed E-state index contributed by atoms with van der Waals surface area (Å²) in [5, 5.41) is 13.0. The summed E-state index contributed by atoms with van der Waals surface area (Å²) in [6.45, 7) is 2.06. The third kappa shape index (κ3) is 3.19. The number of anilines is 2. The van der Waals surface area contributed by atoms with Gasteiger partial charge < -0.3 is 19.9 Å². The summed E-state index contributed by atoms with van der Waals surface area (Å²) in [7, 11) is 1.57. The second-order valence-electron chi connectivity index (χ2n) is 6.23. The fourth-order valence-electron chi connectivity index (χ4n) is 3.09. The molecule has 0 saturated heterocycles. The molecule has 8 heteroatoms. The first-order chi connectivity index (χ1) is 13.6. The number of aryl methyl sites for hydroxylation is 1. The lowest BCUT2D eigenvalue weighted by Gasteiger charge is -2.15. The molecule has 2 aromatic heterocycles. The van der Waals surface area contributed by atoms with Gasteiger partial charge in [-0.25, -0.2) is 9.97 Å². The third-order valence-corrected chi connectivity index (χ3v) is 4.76. The minimum Gasteiger partial charge on any atom is -0.493 e. The first-order valence-corrected chi connectivity index (χ1v) is 9.09. The summed E-state index contributed by atoms with van der Waals surface area (Å²) >= 11 is 6.37. The van der Waals surface area contributed by atoms with Gasteiger partial charge in [0.15, 0.2) is 17.3 Å². The van der Waals surface area contributed by atoms with Crippen LogP contribution in [0.1, 0.15) is 5.56 Å². The predicted molar refractivity (Wildman–Crippen MR) is 109 cm³/mol. The molecule has 4 aromatic rings. The van der Waals surface area contributed by atoms with Gasteiger partial charge in [-0.05, 0) is 18.6 Å². The van der Waals surface area contributed by atoms with Crippen LogP contribution in [0.5, 0.6) is 11.5 Å². The van der Waals surface area contributed by atoms with E-state index in [1.807, 2.05) is 35.6 Å². The normalized spacial score (nSPS) is 11.1. The number of hydrogen-bond acceptors (Lipinski definition) is 6. The number of benzene rings is 2. The predicted octanol–water partition coefficient (Wildman–Crippen LogP) is 3.97. The summed E-state index contributed by atoms with van der Waals surface area (Å²) in [5.74, 6) is 1.69. The summed E-state index contributed by atoms with van der Waals surface area (Å²) in [4.78, 5) is 9.04. The van der Waals surface area contributed by atoms with E-state index >= 15 is 0 Å². The van der Waals surface area contributed by atoms with Crippen molar-refractivity contribution in [2.24, 2.45) is 0 Å². The first kappa shape index (κ1) is 18.3. The maximum Gasteiger partial charge on any atom is 0.163 e. The van der Waals surface area contributed by atoms with E-state index in [-0.39, 0.29) is 13.2 Å². The van der Waals surface area contributed by atoms with Gasteiger partial charge in [-0.15, -0.1) is 0 Å². The van der Waals surface area contributed by atoms with Crippen molar-refractivity contribution in [3.8, 4) is 11.5 Å². The Labute approximate surface area is 166 Å². The molecule has 0 unspecified atom stereocenters. The Bertz CT molecular complexity index is 1140. The van der Waals surface area contributed by atoms with Crippen LogP contribution in [0.4, 0.5) is 11.5 Å². The molecule has 0 amide bonds. The van der Waals surface area contributed by atoms with Crippen LogP contribution in [-0.2, 0) is 0 Å². The van der Waals surface area contributed by atoms with Gasteiger partial charge in [0.25, 0.3) is 0 Å². The van der Waals surface area contributed by atoms with Crippen molar-refractivity contribution in [3.63, 3.8) is 0 Å². The number of hydrogen-bond donors (Lipinski definition) is 2. The Morgan fingerprint density at radius 3 is 2.82 bits per heavy atom. The van der Waals surface area contributed by atoms with E-state index in [0.29, 0.717) is 27.9 Å². The molecule has 0 radical (unpaired) electrons. The minimum absolute atomic E-state index is 0.0895. The van der Waals surface area contributed by atoms with E-state index in [1.54, 1.807) is 25.7 Å². The molecule has 2 aromatic carbocycles. The van der Waals surface area contributed by atoms with Crippen LogP contribution in [-0.4, -0.2) is 39.8 Å². The maximum absolute atomic E-state index is 9.06. The second-order valence-corrected chi connectivity index (χ2v) is 6.64.